The fourth-order valence-electron chi connectivity index (χ4n) is 2.51. The quantitative estimate of drug-likeness (QED) is 0.767. The summed E-state index contributed by atoms with van der Waals surface area (Å²) in [5, 5.41) is 6.78. The number of H-pyrrole nitrogens is 1. The highest BCUT2D eigenvalue weighted by atomic mass is 19.3. The minimum Gasteiger partial charge on any atom is -0.320 e. The lowest BCUT2D eigenvalue weighted by atomic mass is 10.2. The molecule has 1 saturated carbocycles. The van der Waals surface area contributed by atoms with E-state index in [1.807, 2.05) is 0 Å². The van der Waals surface area contributed by atoms with E-state index in [0.717, 1.165) is 4.68 Å². The molecule has 0 bridgehead atoms. The van der Waals surface area contributed by atoms with Crippen LogP contribution in [0.2, 0.25) is 0 Å². The molecule has 2 heterocycles. The van der Waals surface area contributed by atoms with Crippen LogP contribution in [0.4, 0.5) is 14.5 Å². The summed E-state index contributed by atoms with van der Waals surface area (Å²) in [5.41, 5.74) is 0.531. The predicted octanol–water partition coefficient (Wildman–Crippen LogP) is 1.95. The molecule has 4 rings (SSSR count). The summed E-state index contributed by atoms with van der Waals surface area (Å²) in [5.74, 6) is -3.28. The first-order chi connectivity index (χ1) is 11.5. The van der Waals surface area contributed by atoms with Gasteiger partial charge >= 0.3 is 0 Å². The molecule has 1 atom stereocenters. The van der Waals surface area contributed by atoms with Crippen molar-refractivity contribution in [3.63, 3.8) is 0 Å². The molecule has 0 aliphatic heterocycles. The number of aromatic amines is 1. The van der Waals surface area contributed by atoms with Gasteiger partial charge in [0.05, 0.1) is 29.2 Å². The number of alkyl halides is 2. The maximum Gasteiger partial charge on any atom is 0.272 e. The van der Waals surface area contributed by atoms with Crippen molar-refractivity contribution in [2.45, 2.75) is 18.4 Å². The van der Waals surface area contributed by atoms with Crippen LogP contribution in [-0.2, 0) is 0 Å². The number of amides is 1. The third-order valence-corrected chi connectivity index (χ3v) is 3.89. The van der Waals surface area contributed by atoms with Crippen molar-refractivity contribution in [1.82, 2.24) is 19.7 Å². The van der Waals surface area contributed by atoms with Crippen molar-refractivity contribution in [2.24, 2.45) is 0 Å². The monoisotopic (exact) mass is 331 g/mol. The molecule has 0 radical (unpaired) electrons. The molecule has 3 aromatic rings. The normalized spacial score (nSPS) is 18.5. The summed E-state index contributed by atoms with van der Waals surface area (Å²) in [7, 11) is 0. The van der Waals surface area contributed by atoms with Gasteiger partial charge in [0.15, 0.2) is 0 Å². The van der Waals surface area contributed by atoms with Gasteiger partial charge in [0, 0.05) is 12.6 Å². The number of anilines is 1. The number of halogens is 2. The van der Waals surface area contributed by atoms with E-state index in [-0.39, 0.29) is 17.5 Å². The Morgan fingerprint density at radius 2 is 2.21 bits per heavy atom. The average Bonchev–Trinajstić information content (AvgIpc) is 2.98. The van der Waals surface area contributed by atoms with Gasteiger partial charge in [0.2, 0.25) is 0 Å². The van der Waals surface area contributed by atoms with Gasteiger partial charge in [0.1, 0.15) is 11.6 Å². The van der Waals surface area contributed by atoms with E-state index in [4.69, 9.17) is 0 Å². The molecule has 0 spiro atoms. The number of para-hydroxylation sites is 1. The molecule has 1 unspecified atom stereocenters. The number of nitrogens with one attached hydrogen (secondary N) is 2. The number of rotatable bonds is 3. The van der Waals surface area contributed by atoms with Crippen molar-refractivity contribution in [2.75, 3.05) is 5.32 Å². The van der Waals surface area contributed by atoms with E-state index in [0.29, 0.717) is 16.6 Å². The Hall–Kier alpha value is -3.10. The maximum absolute atomic E-state index is 13.0. The lowest BCUT2D eigenvalue weighted by molar-refractivity contribution is 0.0977. The van der Waals surface area contributed by atoms with E-state index in [1.54, 1.807) is 18.2 Å². The molecule has 9 heteroatoms. The van der Waals surface area contributed by atoms with Crippen LogP contribution in [0.25, 0.3) is 10.9 Å². The first-order valence-electron chi connectivity index (χ1n) is 7.15. The summed E-state index contributed by atoms with van der Waals surface area (Å²) in [6.45, 7) is 0. The molecule has 1 amide bonds. The van der Waals surface area contributed by atoms with Crippen molar-refractivity contribution < 1.29 is 13.6 Å². The van der Waals surface area contributed by atoms with E-state index in [2.05, 4.69) is 20.4 Å². The predicted molar refractivity (Wildman–Crippen MR) is 81.1 cm³/mol. The van der Waals surface area contributed by atoms with Gasteiger partial charge < -0.3 is 10.3 Å². The molecule has 2 N–H and O–H groups in total. The highest BCUT2D eigenvalue weighted by Gasteiger charge is 2.59. The number of fused-ring (bicyclic) bond motifs is 1. The third-order valence-electron chi connectivity index (χ3n) is 3.89. The summed E-state index contributed by atoms with van der Waals surface area (Å²) in [6, 6.07) is 3.82. The van der Waals surface area contributed by atoms with Crippen LogP contribution in [0.15, 0.2) is 41.7 Å². The zero-order valence-corrected chi connectivity index (χ0v) is 12.2. The highest BCUT2D eigenvalue weighted by molar-refractivity contribution is 6.07. The Morgan fingerprint density at radius 3 is 2.96 bits per heavy atom. The minimum absolute atomic E-state index is 0.152. The Labute approximate surface area is 133 Å². The maximum atomic E-state index is 13.0. The molecule has 1 fully saturated rings. The number of hydrogen-bond donors (Lipinski definition) is 2. The van der Waals surface area contributed by atoms with Crippen LogP contribution in [0.3, 0.4) is 0 Å². The molecule has 122 valence electrons. The zero-order valence-electron chi connectivity index (χ0n) is 12.2. The first kappa shape index (κ1) is 14.5. The van der Waals surface area contributed by atoms with E-state index < -0.39 is 17.9 Å². The van der Waals surface area contributed by atoms with Crippen molar-refractivity contribution in [3.8, 4) is 0 Å². The Balaban J connectivity index is 1.61. The number of carbonyl (C=O) groups is 1. The lowest BCUT2D eigenvalue weighted by Crippen LogP contribution is -2.13. The molecule has 1 aliphatic carbocycles. The molecule has 1 aliphatic rings. The molecule has 0 saturated heterocycles. The van der Waals surface area contributed by atoms with Gasteiger partial charge in [-0.05, 0) is 12.1 Å². The van der Waals surface area contributed by atoms with Gasteiger partial charge in [-0.15, -0.1) is 0 Å². The molecular weight excluding hydrogens is 320 g/mol. The van der Waals surface area contributed by atoms with Gasteiger partial charge in [-0.2, -0.15) is 5.10 Å². The van der Waals surface area contributed by atoms with Gasteiger partial charge in [-0.3, -0.25) is 14.3 Å². The van der Waals surface area contributed by atoms with Crippen LogP contribution in [0.1, 0.15) is 22.8 Å². The number of benzene rings is 1. The average molecular weight is 331 g/mol. The number of hydrogen-bond acceptors (Lipinski definition) is 4. The van der Waals surface area contributed by atoms with Gasteiger partial charge in [0.25, 0.3) is 17.4 Å². The van der Waals surface area contributed by atoms with Crippen LogP contribution >= 0.6 is 0 Å². The van der Waals surface area contributed by atoms with E-state index in [1.165, 1.54) is 18.7 Å². The molecule has 1 aromatic carbocycles. The number of aromatic nitrogens is 4. The molecule has 7 nitrogen and oxygen atoms in total. The van der Waals surface area contributed by atoms with Gasteiger partial charge in [-0.1, -0.05) is 6.07 Å². The van der Waals surface area contributed by atoms with Crippen LogP contribution in [-0.4, -0.2) is 31.6 Å². The Kier molecular flexibility index (Phi) is 2.99. The molecular formula is C15H11F2N5O2. The molecule has 24 heavy (non-hydrogen) atoms. The summed E-state index contributed by atoms with van der Waals surface area (Å²) in [4.78, 5) is 30.5. The zero-order chi connectivity index (χ0) is 16.9. The van der Waals surface area contributed by atoms with Crippen LogP contribution in [0, 0.1) is 0 Å². The second-order valence-electron chi connectivity index (χ2n) is 5.58. The topological polar surface area (TPSA) is 92.7 Å². The van der Waals surface area contributed by atoms with Crippen molar-refractivity contribution in [3.05, 3.63) is 52.8 Å². The van der Waals surface area contributed by atoms with Crippen molar-refractivity contribution in [1.29, 1.82) is 0 Å². The van der Waals surface area contributed by atoms with Crippen LogP contribution < -0.4 is 10.9 Å². The molecule has 2 aromatic heterocycles. The summed E-state index contributed by atoms with van der Waals surface area (Å²) in [6.07, 6.45) is 3.49. The SMILES string of the molecule is O=C(Nc1cccc2c(=O)[nH]cnc12)c1cnn(C2CC2(F)F)c1. The highest BCUT2D eigenvalue weighted by Crippen LogP contribution is 2.52. The van der Waals surface area contributed by atoms with Crippen LogP contribution in [0.5, 0.6) is 0 Å². The Morgan fingerprint density at radius 1 is 1.42 bits per heavy atom. The summed E-state index contributed by atoms with van der Waals surface area (Å²) >= 11 is 0. The largest absolute Gasteiger partial charge is 0.320 e. The number of carbonyl (C=O) groups excluding carboxylic acids is 1. The lowest BCUT2D eigenvalue weighted by Gasteiger charge is -2.06. The summed E-state index contributed by atoms with van der Waals surface area (Å²) < 4.78 is 27.2. The second kappa shape index (κ2) is 4.95. The first-order valence-corrected chi connectivity index (χ1v) is 7.15. The Bertz CT molecular complexity index is 1010. The number of nitrogens with zero attached hydrogens (tertiary/aromatic N) is 3. The van der Waals surface area contributed by atoms with E-state index >= 15 is 0 Å². The fraction of sp³-hybridized carbons (Fsp3) is 0.200. The minimum atomic E-state index is -2.76. The van der Waals surface area contributed by atoms with Crippen molar-refractivity contribution >= 4 is 22.5 Å². The van der Waals surface area contributed by atoms with Gasteiger partial charge in [-0.25, -0.2) is 13.8 Å². The van der Waals surface area contributed by atoms with E-state index in [9.17, 15) is 18.4 Å². The fourth-order valence-corrected chi connectivity index (χ4v) is 2.51. The third kappa shape index (κ3) is 2.34. The smallest absolute Gasteiger partial charge is 0.272 e. The standard InChI is InChI=1S/C15H11F2N5O2/c16-15(17)4-11(15)22-6-8(5-20-22)13(23)21-10-3-1-2-9-12(10)18-7-19-14(9)24/h1-3,5-7,11H,4H2,(H,21,23)(H,18,19,24). The second-order valence-corrected chi connectivity index (χ2v) is 5.58.